The molecule has 1 rings (SSSR count). The third kappa shape index (κ3) is 3.97. The molecule has 0 bridgehead atoms. The Hall–Kier alpha value is -1.67. The van der Waals surface area contributed by atoms with Gasteiger partial charge in [0.15, 0.2) is 0 Å². The lowest BCUT2D eigenvalue weighted by atomic mass is 10.3. The minimum Gasteiger partial charge on any atom is -0.382 e. The van der Waals surface area contributed by atoms with E-state index in [2.05, 4.69) is 10.6 Å². The van der Waals surface area contributed by atoms with Crippen molar-refractivity contribution in [2.45, 2.75) is 11.3 Å². The van der Waals surface area contributed by atoms with E-state index in [1.807, 2.05) is 0 Å². The summed E-state index contributed by atoms with van der Waals surface area (Å²) in [4.78, 5) is 10.6. The number of nitrogens with two attached hydrogens (primary N) is 1. The normalized spacial score (nSPS) is 11.1. The summed E-state index contributed by atoms with van der Waals surface area (Å²) in [5, 5.41) is 9.98. The Morgan fingerprint density at radius 2 is 2.11 bits per heavy atom. The minimum absolute atomic E-state index is 0.117. The van der Waals surface area contributed by atoms with E-state index in [-0.39, 0.29) is 29.5 Å². The number of rotatable bonds is 5. The molecule has 6 nitrogen and oxygen atoms in total. The smallest absolute Gasteiger partial charge is 0.238 e. The first-order valence-electron chi connectivity index (χ1n) is 5.11. The second kappa shape index (κ2) is 5.78. The summed E-state index contributed by atoms with van der Waals surface area (Å²) < 4.78 is 35.5. The predicted molar refractivity (Wildman–Crippen MR) is 64.9 cm³/mol. The van der Waals surface area contributed by atoms with Crippen LogP contribution in [0.25, 0.3) is 0 Å². The SMILES string of the molecule is CNC(=O)CCNc1ccc(S(N)(=O)=O)cc1F. The minimum atomic E-state index is -3.91. The molecule has 0 aliphatic heterocycles. The van der Waals surface area contributed by atoms with Gasteiger partial charge in [0.25, 0.3) is 0 Å². The highest BCUT2D eigenvalue weighted by Gasteiger charge is 2.11. The maximum absolute atomic E-state index is 13.5. The monoisotopic (exact) mass is 275 g/mol. The van der Waals surface area contributed by atoms with Gasteiger partial charge in [0, 0.05) is 20.0 Å². The standard InChI is InChI=1S/C10H14FN3O3S/c1-13-10(15)4-5-14-9-3-2-7(6-8(9)11)18(12,16)17/h2-3,6,14H,4-5H2,1H3,(H,13,15)(H2,12,16,17). The fraction of sp³-hybridized carbons (Fsp3) is 0.300. The number of carbonyl (C=O) groups excluding carboxylic acids is 1. The molecule has 0 spiro atoms. The predicted octanol–water partition coefficient (Wildman–Crippen LogP) is 0.0211. The van der Waals surface area contributed by atoms with Crippen molar-refractivity contribution in [1.82, 2.24) is 5.32 Å². The van der Waals surface area contributed by atoms with Crippen molar-refractivity contribution in [2.75, 3.05) is 18.9 Å². The number of amides is 1. The van der Waals surface area contributed by atoms with Crippen LogP contribution < -0.4 is 15.8 Å². The van der Waals surface area contributed by atoms with Crippen LogP contribution in [0.1, 0.15) is 6.42 Å². The largest absolute Gasteiger partial charge is 0.382 e. The highest BCUT2D eigenvalue weighted by molar-refractivity contribution is 7.89. The van der Waals surface area contributed by atoms with Crippen molar-refractivity contribution in [3.8, 4) is 0 Å². The maximum Gasteiger partial charge on any atom is 0.238 e. The van der Waals surface area contributed by atoms with Gasteiger partial charge in [-0.2, -0.15) is 0 Å². The molecule has 0 saturated heterocycles. The molecule has 1 aromatic rings. The molecule has 0 fully saturated rings. The summed E-state index contributed by atoms with van der Waals surface area (Å²) in [7, 11) is -2.41. The lowest BCUT2D eigenvalue weighted by Crippen LogP contribution is -2.21. The van der Waals surface area contributed by atoms with E-state index in [0.29, 0.717) is 0 Å². The molecule has 4 N–H and O–H groups in total. The zero-order valence-corrected chi connectivity index (χ0v) is 10.6. The van der Waals surface area contributed by atoms with Crippen LogP contribution in [-0.4, -0.2) is 27.9 Å². The van der Waals surface area contributed by atoms with Gasteiger partial charge in [0.05, 0.1) is 10.6 Å². The van der Waals surface area contributed by atoms with E-state index in [0.717, 1.165) is 6.07 Å². The number of carbonyl (C=O) groups is 1. The molecule has 0 heterocycles. The summed E-state index contributed by atoms with van der Waals surface area (Å²) in [6.45, 7) is 0.241. The molecule has 0 aromatic heterocycles. The zero-order chi connectivity index (χ0) is 13.8. The summed E-state index contributed by atoms with van der Waals surface area (Å²) in [5.41, 5.74) is 0.117. The van der Waals surface area contributed by atoms with Crippen molar-refractivity contribution in [3.63, 3.8) is 0 Å². The van der Waals surface area contributed by atoms with Gasteiger partial charge in [0.1, 0.15) is 5.82 Å². The molecular formula is C10H14FN3O3S. The first-order valence-corrected chi connectivity index (χ1v) is 6.66. The fourth-order valence-electron chi connectivity index (χ4n) is 1.25. The Bertz CT molecular complexity index is 545. The number of nitrogens with one attached hydrogen (secondary N) is 2. The first kappa shape index (κ1) is 14.4. The van der Waals surface area contributed by atoms with Gasteiger partial charge in [-0.15, -0.1) is 0 Å². The van der Waals surface area contributed by atoms with Crippen LogP contribution in [0.4, 0.5) is 10.1 Å². The molecule has 0 aliphatic rings. The lowest BCUT2D eigenvalue weighted by Gasteiger charge is -2.08. The highest BCUT2D eigenvalue weighted by Crippen LogP contribution is 2.17. The van der Waals surface area contributed by atoms with Crippen LogP contribution >= 0.6 is 0 Å². The second-order valence-corrected chi connectivity index (χ2v) is 5.10. The molecule has 100 valence electrons. The summed E-state index contributed by atoms with van der Waals surface area (Å²) in [5.74, 6) is -0.914. The van der Waals surface area contributed by atoms with E-state index >= 15 is 0 Å². The van der Waals surface area contributed by atoms with E-state index in [1.165, 1.54) is 19.2 Å². The lowest BCUT2D eigenvalue weighted by molar-refractivity contribution is -0.120. The number of primary sulfonamides is 1. The Labute approximate surface area is 104 Å². The molecule has 0 saturated carbocycles. The summed E-state index contributed by atoms with van der Waals surface area (Å²) in [6, 6.07) is 3.29. The van der Waals surface area contributed by atoms with Crippen molar-refractivity contribution in [2.24, 2.45) is 5.14 Å². The highest BCUT2D eigenvalue weighted by atomic mass is 32.2. The first-order chi connectivity index (χ1) is 8.34. The van der Waals surface area contributed by atoms with Crippen LogP contribution in [0, 0.1) is 5.82 Å². The molecule has 8 heteroatoms. The molecule has 1 amide bonds. The molecule has 18 heavy (non-hydrogen) atoms. The Kier molecular flexibility index (Phi) is 4.62. The topological polar surface area (TPSA) is 101 Å². The summed E-state index contributed by atoms with van der Waals surface area (Å²) >= 11 is 0. The van der Waals surface area contributed by atoms with Crippen LogP contribution in [-0.2, 0) is 14.8 Å². The van der Waals surface area contributed by atoms with Gasteiger partial charge >= 0.3 is 0 Å². The number of halogens is 1. The number of benzene rings is 1. The Balaban J connectivity index is 2.72. The number of hydrogen-bond acceptors (Lipinski definition) is 4. The number of hydrogen-bond donors (Lipinski definition) is 3. The zero-order valence-electron chi connectivity index (χ0n) is 9.73. The average molecular weight is 275 g/mol. The van der Waals surface area contributed by atoms with Crippen molar-refractivity contribution in [1.29, 1.82) is 0 Å². The van der Waals surface area contributed by atoms with E-state index < -0.39 is 15.8 Å². The number of anilines is 1. The summed E-state index contributed by atoms with van der Waals surface area (Å²) in [6.07, 6.45) is 0.187. The fourth-order valence-corrected chi connectivity index (χ4v) is 1.78. The second-order valence-electron chi connectivity index (χ2n) is 3.54. The quantitative estimate of drug-likeness (QED) is 0.705. The van der Waals surface area contributed by atoms with Crippen molar-refractivity contribution in [3.05, 3.63) is 24.0 Å². The third-order valence-electron chi connectivity index (χ3n) is 2.22. The molecule has 0 radical (unpaired) electrons. The van der Waals surface area contributed by atoms with Gasteiger partial charge in [-0.3, -0.25) is 4.79 Å². The van der Waals surface area contributed by atoms with E-state index in [1.54, 1.807) is 0 Å². The van der Waals surface area contributed by atoms with Gasteiger partial charge in [0.2, 0.25) is 15.9 Å². The third-order valence-corrected chi connectivity index (χ3v) is 3.13. The average Bonchev–Trinajstić information content (AvgIpc) is 2.29. The molecule has 0 aliphatic carbocycles. The molecule has 0 atom stereocenters. The van der Waals surface area contributed by atoms with E-state index in [4.69, 9.17) is 5.14 Å². The van der Waals surface area contributed by atoms with Crippen LogP contribution in [0.2, 0.25) is 0 Å². The van der Waals surface area contributed by atoms with E-state index in [9.17, 15) is 17.6 Å². The van der Waals surface area contributed by atoms with Gasteiger partial charge in [-0.1, -0.05) is 0 Å². The van der Waals surface area contributed by atoms with Crippen molar-refractivity contribution >= 4 is 21.6 Å². The van der Waals surface area contributed by atoms with Gasteiger partial charge in [-0.05, 0) is 18.2 Å². The van der Waals surface area contributed by atoms with Crippen LogP contribution in [0.15, 0.2) is 23.1 Å². The molecule has 0 unspecified atom stereocenters. The Morgan fingerprint density at radius 1 is 1.44 bits per heavy atom. The van der Waals surface area contributed by atoms with Crippen LogP contribution in [0.5, 0.6) is 0 Å². The van der Waals surface area contributed by atoms with Gasteiger partial charge < -0.3 is 10.6 Å². The number of sulfonamides is 1. The Morgan fingerprint density at radius 3 is 2.61 bits per heavy atom. The van der Waals surface area contributed by atoms with Gasteiger partial charge in [-0.25, -0.2) is 17.9 Å². The molecular weight excluding hydrogens is 261 g/mol. The van der Waals surface area contributed by atoms with Crippen LogP contribution in [0.3, 0.4) is 0 Å². The maximum atomic E-state index is 13.5. The molecule has 1 aromatic carbocycles. The van der Waals surface area contributed by atoms with Crippen molar-refractivity contribution < 1.29 is 17.6 Å².